The maximum atomic E-state index is 13.0. The number of anilines is 1. The van der Waals surface area contributed by atoms with Gasteiger partial charge in [0.15, 0.2) is 0 Å². The van der Waals surface area contributed by atoms with Crippen molar-refractivity contribution in [1.82, 2.24) is 9.88 Å². The van der Waals surface area contributed by atoms with Gasteiger partial charge >= 0.3 is 0 Å². The van der Waals surface area contributed by atoms with Crippen LogP contribution in [0.15, 0.2) is 24.4 Å². The van der Waals surface area contributed by atoms with Gasteiger partial charge < -0.3 is 14.5 Å². The van der Waals surface area contributed by atoms with Crippen LogP contribution in [0.5, 0.6) is 5.75 Å². The highest BCUT2D eigenvalue weighted by molar-refractivity contribution is 5.95. The van der Waals surface area contributed by atoms with Gasteiger partial charge in [-0.15, -0.1) is 0 Å². The first-order valence-electron chi connectivity index (χ1n) is 10.6. The van der Waals surface area contributed by atoms with Crippen LogP contribution >= 0.6 is 0 Å². The average molecular weight is 393 g/mol. The van der Waals surface area contributed by atoms with Crippen molar-refractivity contribution in [2.24, 2.45) is 5.92 Å². The lowest BCUT2D eigenvalue weighted by Gasteiger charge is -2.36. The van der Waals surface area contributed by atoms with Gasteiger partial charge in [0.2, 0.25) is 5.91 Å². The minimum Gasteiger partial charge on any atom is -0.497 e. The second-order valence-electron chi connectivity index (χ2n) is 8.02. The maximum absolute atomic E-state index is 13.0. The van der Waals surface area contributed by atoms with Crippen LogP contribution < -0.4 is 9.64 Å². The highest BCUT2D eigenvalue weighted by Gasteiger charge is 2.30. The number of aromatic nitrogens is 1. The number of fused-ring (bicyclic) bond motifs is 1. The molecule has 152 valence electrons. The SMILES string of the molecule is COc1ccc2ncc(C#N)c(N3CCC(C(=O)N4CCCCCC4)CC3)c2c1. The number of hydrogen-bond acceptors (Lipinski definition) is 5. The van der Waals surface area contributed by atoms with E-state index in [1.807, 2.05) is 18.2 Å². The molecule has 0 saturated carbocycles. The molecule has 0 bridgehead atoms. The standard InChI is InChI=1S/C23H28N4O2/c1-29-19-6-7-21-20(14-19)22(18(15-24)16-25-21)26-12-8-17(9-13-26)23(28)27-10-4-2-3-5-11-27/h6-7,14,16-17H,2-5,8-13H2,1H3. The Morgan fingerprint density at radius 2 is 1.86 bits per heavy atom. The smallest absolute Gasteiger partial charge is 0.225 e. The zero-order valence-electron chi connectivity index (χ0n) is 17.1. The largest absolute Gasteiger partial charge is 0.497 e. The second-order valence-corrected chi connectivity index (χ2v) is 8.02. The molecule has 6 nitrogen and oxygen atoms in total. The number of pyridine rings is 1. The third-order valence-corrected chi connectivity index (χ3v) is 6.25. The molecule has 1 aromatic heterocycles. The van der Waals surface area contributed by atoms with Crippen LogP contribution in [0.2, 0.25) is 0 Å². The molecular formula is C23H28N4O2. The number of nitrogens with zero attached hydrogens (tertiary/aromatic N) is 4. The van der Waals surface area contributed by atoms with E-state index < -0.39 is 0 Å². The van der Waals surface area contributed by atoms with Gasteiger partial charge in [-0.3, -0.25) is 9.78 Å². The van der Waals surface area contributed by atoms with Crippen LogP contribution in [-0.2, 0) is 4.79 Å². The summed E-state index contributed by atoms with van der Waals surface area (Å²) in [4.78, 5) is 21.8. The van der Waals surface area contributed by atoms with Gasteiger partial charge in [0.05, 0.1) is 23.9 Å². The monoisotopic (exact) mass is 392 g/mol. The van der Waals surface area contributed by atoms with Gasteiger partial charge in [-0.1, -0.05) is 12.8 Å². The number of ether oxygens (including phenoxy) is 1. The first-order chi connectivity index (χ1) is 14.2. The van der Waals surface area contributed by atoms with E-state index in [4.69, 9.17) is 4.74 Å². The topological polar surface area (TPSA) is 69.5 Å². The first-order valence-corrected chi connectivity index (χ1v) is 10.6. The number of methoxy groups -OCH3 is 1. The Bertz CT molecular complexity index is 920. The maximum Gasteiger partial charge on any atom is 0.225 e. The Morgan fingerprint density at radius 1 is 1.14 bits per heavy atom. The van der Waals surface area contributed by atoms with Gasteiger partial charge in [0, 0.05) is 43.7 Å². The Morgan fingerprint density at radius 3 is 2.52 bits per heavy atom. The number of piperidine rings is 1. The van der Waals surface area contributed by atoms with Crippen molar-refractivity contribution in [2.45, 2.75) is 38.5 Å². The fourth-order valence-electron chi connectivity index (χ4n) is 4.61. The summed E-state index contributed by atoms with van der Waals surface area (Å²) in [5.41, 5.74) is 2.34. The molecule has 0 atom stereocenters. The van der Waals surface area contributed by atoms with Crippen molar-refractivity contribution in [3.05, 3.63) is 30.0 Å². The molecule has 0 spiro atoms. The van der Waals surface area contributed by atoms with Crippen LogP contribution in [-0.4, -0.2) is 49.1 Å². The van der Waals surface area contributed by atoms with Gasteiger partial charge in [0.1, 0.15) is 11.8 Å². The molecule has 0 aliphatic carbocycles. The van der Waals surface area contributed by atoms with Crippen molar-refractivity contribution < 1.29 is 9.53 Å². The summed E-state index contributed by atoms with van der Waals surface area (Å²) < 4.78 is 5.38. The third kappa shape index (κ3) is 4.00. The molecule has 29 heavy (non-hydrogen) atoms. The molecule has 3 heterocycles. The van der Waals surface area contributed by atoms with Crippen molar-refractivity contribution in [3.8, 4) is 11.8 Å². The second kappa shape index (κ2) is 8.69. The zero-order valence-corrected chi connectivity index (χ0v) is 17.1. The van der Waals surface area contributed by atoms with Crippen molar-refractivity contribution in [1.29, 1.82) is 5.26 Å². The molecule has 0 radical (unpaired) electrons. The summed E-state index contributed by atoms with van der Waals surface area (Å²) in [5, 5.41) is 10.6. The molecule has 2 aromatic rings. The molecule has 1 amide bonds. The molecule has 2 saturated heterocycles. The molecule has 0 unspecified atom stereocenters. The van der Waals surface area contributed by atoms with E-state index in [0.29, 0.717) is 11.5 Å². The molecule has 1 aromatic carbocycles. The normalized spacial score (nSPS) is 18.3. The van der Waals surface area contributed by atoms with Gasteiger partial charge in [-0.05, 0) is 43.9 Å². The van der Waals surface area contributed by atoms with E-state index in [1.165, 1.54) is 12.8 Å². The number of nitriles is 1. The van der Waals surface area contributed by atoms with Crippen LogP contribution in [0.4, 0.5) is 5.69 Å². The van der Waals surface area contributed by atoms with E-state index in [1.54, 1.807) is 13.3 Å². The lowest BCUT2D eigenvalue weighted by atomic mass is 9.94. The fourth-order valence-corrected chi connectivity index (χ4v) is 4.61. The zero-order chi connectivity index (χ0) is 20.2. The number of rotatable bonds is 3. The summed E-state index contributed by atoms with van der Waals surface area (Å²) in [6, 6.07) is 8.06. The minimum atomic E-state index is 0.0949. The molecule has 6 heteroatoms. The van der Waals surface area contributed by atoms with Crippen LogP contribution in [0.25, 0.3) is 10.9 Å². The summed E-state index contributed by atoms with van der Waals surface area (Å²) in [6.07, 6.45) is 8.03. The number of hydrogen-bond donors (Lipinski definition) is 0. The number of benzene rings is 1. The van der Waals surface area contributed by atoms with E-state index in [2.05, 4.69) is 20.9 Å². The van der Waals surface area contributed by atoms with E-state index in [0.717, 1.165) is 74.2 Å². The highest BCUT2D eigenvalue weighted by atomic mass is 16.5. The molecule has 2 aliphatic heterocycles. The van der Waals surface area contributed by atoms with Gasteiger partial charge in [-0.25, -0.2) is 0 Å². The van der Waals surface area contributed by atoms with Crippen molar-refractivity contribution in [3.63, 3.8) is 0 Å². The number of carbonyl (C=O) groups excluding carboxylic acids is 1. The van der Waals surface area contributed by atoms with Gasteiger partial charge in [-0.2, -0.15) is 5.26 Å². The summed E-state index contributed by atoms with van der Waals surface area (Å²) in [5.74, 6) is 1.17. The quantitative estimate of drug-likeness (QED) is 0.796. The number of likely N-dealkylation sites (tertiary alicyclic amines) is 1. The van der Waals surface area contributed by atoms with Crippen molar-refractivity contribution in [2.75, 3.05) is 38.2 Å². The highest BCUT2D eigenvalue weighted by Crippen LogP contribution is 2.34. The predicted octanol–water partition coefficient (Wildman–Crippen LogP) is 3.73. The molecule has 2 fully saturated rings. The molecular weight excluding hydrogens is 364 g/mol. The van der Waals surface area contributed by atoms with Crippen molar-refractivity contribution >= 4 is 22.5 Å². The Kier molecular flexibility index (Phi) is 5.84. The lowest BCUT2D eigenvalue weighted by Crippen LogP contribution is -2.43. The Hall–Kier alpha value is -2.81. The van der Waals surface area contributed by atoms with E-state index >= 15 is 0 Å². The first kappa shape index (κ1) is 19.5. The number of amides is 1. The number of carbonyl (C=O) groups is 1. The van der Waals surface area contributed by atoms with E-state index in [9.17, 15) is 10.1 Å². The van der Waals surface area contributed by atoms with E-state index in [-0.39, 0.29) is 5.92 Å². The fraction of sp³-hybridized carbons (Fsp3) is 0.522. The van der Waals surface area contributed by atoms with Crippen LogP contribution in [0.3, 0.4) is 0 Å². The minimum absolute atomic E-state index is 0.0949. The summed E-state index contributed by atoms with van der Waals surface area (Å²) in [7, 11) is 1.64. The molecule has 2 aliphatic rings. The predicted molar refractivity (Wildman–Crippen MR) is 113 cm³/mol. The summed E-state index contributed by atoms with van der Waals surface area (Å²) in [6.45, 7) is 3.36. The Labute approximate surface area is 172 Å². The third-order valence-electron chi connectivity index (χ3n) is 6.25. The average Bonchev–Trinajstić information content (AvgIpc) is 3.07. The van der Waals surface area contributed by atoms with Crippen LogP contribution in [0, 0.1) is 17.2 Å². The molecule has 0 N–H and O–H groups in total. The summed E-state index contributed by atoms with van der Waals surface area (Å²) >= 11 is 0. The van der Waals surface area contributed by atoms with Crippen LogP contribution in [0.1, 0.15) is 44.1 Å². The Balaban J connectivity index is 1.54. The van der Waals surface area contributed by atoms with Gasteiger partial charge in [0.25, 0.3) is 0 Å². The lowest BCUT2D eigenvalue weighted by molar-refractivity contribution is -0.136. The molecule has 4 rings (SSSR count).